The fourth-order valence-corrected chi connectivity index (χ4v) is 4.40. The Labute approximate surface area is 191 Å². The Balaban J connectivity index is 1.53. The second-order valence-corrected chi connectivity index (χ2v) is 9.58. The van der Waals surface area contributed by atoms with E-state index >= 15 is 0 Å². The number of nitrogens with one attached hydrogen (secondary N) is 2. The first-order valence-corrected chi connectivity index (χ1v) is 12.0. The Bertz CT molecular complexity index is 1290. The Morgan fingerprint density at radius 2 is 1.91 bits per heavy atom. The molecule has 0 bridgehead atoms. The van der Waals surface area contributed by atoms with E-state index in [0.717, 1.165) is 16.1 Å². The quantitative estimate of drug-likeness (QED) is 0.573. The van der Waals surface area contributed by atoms with Gasteiger partial charge in [0.15, 0.2) is 6.10 Å². The highest BCUT2D eigenvalue weighted by molar-refractivity contribution is 7.92. The first-order valence-electron chi connectivity index (χ1n) is 10.2. The first kappa shape index (κ1) is 22.4. The minimum atomic E-state index is -3.65. The minimum absolute atomic E-state index is 0.187. The van der Waals surface area contributed by atoms with Crippen molar-refractivity contribution in [1.82, 2.24) is 5.32 Å². The highest BCUT2D eigenvalue weighted by atomic mass is 32.2. The van der Waals surface area contributed by atoms with Gasteiger partial charge in [-0.05, 0) is 48.9 Å². The van der Waals surface area contributed by atoms with Crippen molar-refractivity contribution in [1.29, 1.82) is 0 Å². The van der Waals surface area contributed by atoms with Crippen LogP contribution in [0.2, 0.25) is 0 Å². The number of hydrogen-bond acceptors (Lipinski definition) is 6. The highest BCUT2D eigenvalue weighted by Gasteiger charge is 2.35. The molecule has 0 fully saturated rings. The molecule has 4 rings (SSSR count). The molecular formula is C23H23N3O6S. The number of fused-ring (bicyclic) bond motifs is 1. The van der Waals surface area contributed by atoms with Crippen LogP contribution in [0.25, 0.3) is 0 Å². The van der Waals surface area contributed by atoms with Crippen LogP contribution in [0.5, 0.6) is 5.75 Å². The van der Waals surface area contributed by atoms with Gasteiger partial charge in [0.1, 0.15) is 11.5 Å². The van der Waals surface area contributed by atoms with Crippen molar-refractivity contribution in [3.8, 4) is 5.75 Å². The number of ether oxygens (including phenoxy) is 1. The predicted molar refractivity (Wildman–Crippen MR) is 123 cm³/mol. The lowest BCUT2D eigenvalue weighted by molar-refractivity contribution is -0.122. The average molecular weight is 470 g/mol. The number of carbonyl (C=O) groups is 2. The van der Waals surface area contributed by atoms with Gasteiger partial charge in [-0.1, -0.05) is 18.2 Å². The molecule has 0 radical (unpaired) electrons. The lowest BCUT2D eigenvalue weighted by Crippen LogP contribution is -2.48. The zero-order chi connectivity index (χ0) is 23.6. The van der Waals surface area contributed by atoms with Crippen molar-refractivity contribution in [3.63, 3.8) is 0 Å². The molecule has 1 aliphatic rings. The number of benzene rings is 2. The molecule has 1 aliphatic heterocycles. The van der Waals surface area contributed by atoms with Gasteiger partial charge in [0.2, 0.25) is 10.0 Å². The van der Waals surface area contributed by atoms with Gasteiger partial charge in [-0.25, -0.2) is 8.42 Å². The molecule has 0 aliphatic carbocycles. The second-order valence-electron chi connectivity index (χ2n) is 7.67. The van der Waals surface area contributed by atoms with Gasteiger partial charge in [-0.15, -0.1) is 0 Å². The average Bonchev–Trinajstić information content (AvgIpc) is 3.30. The summed E-state index contributed by atoms with van der Waals surface area (Å²) in [5.41, 5.74) is 1.79. The van der Waals surface area contributed by atoms with Crippen molar-refractivity contribution < 1.29 is 27.2 Å². The number of hydrogen-bond donors (Lipinski definition) is 2. The lowest BCUT2D eigenvalue weighted by Gasteiger charge is -2.34. The summed E-state index contributed by atoms with van der Waals surface area (Å²) in [6.45, 7) is 1.85. The molecule has 2 N–H and O–H groups in total. The van der Waals surface area contributed by atoms with Gasteiger partial charge < -0.3 is 19.8 Å². The maximum atomic E-state index is 13.0. The van der Waals surface area contributed by atoms with Crippen LogP contribution in [0.1, 0.15) is 21.7 Å². The van der Waals surface area contributed by atoms with E-state index in [2.05, 4.69) is 10.6 Å². The van der Waals surface area contributed by atoms with E-state index in [0.29, 0.717) is 17.2 Å². The number of rotatable bonds is 6. The summed E-state index contributed by atoms with van der Waals surface area (Å²) in [5, 5.41) is 5.44. The van der Waals surface area contributed by atoms with Gasteiger partial charge in [-0.3, -0.25) is 13.9 Å². The van der Waals surface area contributed by atoms with Crippen LogP contribution in [-0.2, 0) is 21.4 Å². The van der Waals surface area contributed by atoms with Crippen LogP contribution in [0.4, 0.5) is 11.4 Å². The van der Waals surface area contributed by atoms with Gasteiger partial charge in [0, 0.05) is 0 Å². The summed E-state index contributed by atoms with van der Waals surface area (Å²) in [6, 6.07) is 15.1. The predicted octanol–water partition coefficient (Wildman–Crippen LogP) is 2.68. The first-order chi connectivity index (χ1) is 15.7. The number of furan rings is 1. The molecular weight excluding hydrogens is 446 g/mol. The van der Waals surface area contributed by atoms with Crippen LogP contribution in [0, 0.1) is 6.92 Å². The van der Waals surface area contributed by atoms with Crippen molar-refractivity contribution in [2.24, 2.45) is 0 Å². The molecule has 0 unspecified atom stereocenters. The van der Waals surface area contributed by atoms with Crippen molar-refractivity contribution in [2.45, 2.75) is 19.6 Å². The normalized spacial score (nSPS) is 15.3. The van der Waals surface area contributed by atoms with E-state index in [-0.39, 0.29) is 24.3 Å². The van der Waals surface area contributed by atoms with E-state index in [9.17, 15) is 18.0 Å². The number of aryl methyl sites for hydroxylation is 1. The molecule has 9 nitrogen and oxygen atoms in total. The van der Waals surface area contributed by atoms with E-state index in [1.54, 1.807) is 54.6 Å². The maximum absolute atomic E-state index is 13.0. The third kappa shape index (κ3) is 5.01. The molecule has 0 saturated heterocycles. The van der Waals surface area contributed by atoms with E-state index in [4.69, 9.17) is 9.15 Å². The smallest absolute Gasteiger partial charge is 0.267 e. The summed E-state index contributed by atoms with van der Waals surface area (Å²) in [4.78, 5) is 25.7. The molecule has 2 heterocycles. The SMILES string of the molecule is Cc1ccc2c(c1)N(S(C)(=O)=O)C[C@H](C(=O)Nc1ccccc1C(=O)NCc1ccco1)O2. The summed E-state index contributed by atoms with van der Waals surface area (Å²) in [5.74, 6) is -0.0799. The molecule has 10 heteroatoms. The summed E-state index contributed by atoms with van der Waals surface area (Å²) in [7, 11) is -3.65. The molecule has 2 aromatic carbocycles. The van der Waals surface area contributed by atoms with Crippen LogP contribution >= 0.6 is 0 Å². The summed E-state index contributed by atoms with van der Waals surface area (Å²) in [6.07, 6.45) is 1.49. The fourth-order valence-electron chi connectivity index (χ4n) is 3.49. The number of nitrogens with zero attached hydrogens (tertiary/aromatic N) is 1. The van der Waals surface area contributed by atoms with Crippen LogP contribution in [0.15, 0.2) is 65.3 Å². The van der Waals surface area contributed by atoms with Gasteiger partial charge in [-0.2, -0.15) is 0 Å². The standard InChI is InChI=1S/C23H23N3O6S/c1-15-9-10-20-19(12-15)26(33(2,29)30)14-21(32-20)23(28)25-18-8-4-3-7-17(18)22(27)24-13-16-6-5-11-31-16/h3-12,21H,13-14H2,1-2H3,(H,24,27)(H,25,28)/t21-/m1/s1. The minimum Gasteiger partial charge on any atom is -0.476 e. The van der Waals surface area contributed by atoms with Crippen LogP contribution < -0.4 is 19.7 Å². The van der Waals surface area contributed by atoms with Crippen LogP contribution in [-0.4, -0.2) is 39.1 Å². The molecule has 1 atom stereocenters. The number of anilines is 2. The van der Waals surface area contributed by atoms with Gasteiger partial charge in [0.25, 0.3) is 11.8 Å². The number of sulfonamides is 1. The lowest BCUT2D eigenvalue weighted by atomic mass is 10.1. The Morgan fingerprint density at radius 3 is 2.64 bits per heavy atom. The third-order valence-corrected chi connectivity index (χ3v) is 6.26. The van der Waals surface area contributed by atoms with Crippen LogP contribution in [0.3, 0.4) is 0 Å². The fraction of sp³-hybridized carbons (Fsp3) is 0.217. The second kappa shape index (κ2) is 8.99. The maximum Gasteiger partial charge on any atom is 0.267 e. The Hall–Kier alpha value is -3.79. The largest absolute Gasteiger partial charge is 0.476 e. The zero-order valence-corrected chi connectivity index (χ0v) is 18.9. The van der Waals surface area contributed by atoms with Crippen molar-refractivity contribution in [2.75, 3.05) is 22.4 Å². The zero-order valence-electron chi connectivity index (χ0n) is 18.1. The third-order valence-electron chi connectivity index (χ3n) is 5.11. The van der Waals surface area contributed by atoms with Crippen molar-refractivity contribution >= 4 is 33.2 Å². The molecule has 3 aromatic rings. The van der Waals surface area contributed by atoms with E-state index < -0.39 is 27.9 Å². The number of para-hydroxylation sites is 1. The van der Waals surface area contributed by atoms with E-state index in [1.165, 1.54) is 6.26 Å². The highest BCUT2D eigenvalue weighted by Crippen LogP contribution is 2.36. The number of amides is 2. The summed E-state index contributed by atoms with van der Waals surface area (Å²) < 4.78 is 36.9. The molecule has 2 amide bonds. The molecule has 172 valence electrons. The Morgan fingerprint density at radius 1 is 1.12 bits per heavy atom. The van der Waals surface area contributed by atoms with Gasteiger partial charge >= 0.3 is 0 Å². The Kier molecular flexibility index (Phi) is 6.10. The van der Waals surface area contributed by atoms with E-state index in [1.807, 2.05) is 6.92 Å². The molecule has 1 aromatic heterocycles. The van der Waals surface area contributed by atoms with Crippen molar-refractivity contribution in [3.05, 3.63) is 77.7 Å². The molecule has 0 spiro atoms. The number of carbonyl (C=O) groups excluding carboxylic acids is 2. The van der Waals surface area contributed by atoms with Gasteiger partial charge in [0.05, 0.1) is 42.5 Å². The summed E-state index contributed by atoms with van der Waals surface area (Å²) >= 11 is 0. The monoisotopic (exact) mass is 469 g/mol. The molecule has 0 saturated carbocycles. The molecule has 33 heavy (non-hydrogen) atoms. The topological polar surface area (TPSA) is 118 Å².